The van der Waals surface area contributed by atoms with Gasteiger partial charge in [-0.25, -0.2) is 4.98 Å². The minimum absolute atomic E-state index is 0.0504. The lowest BCUT2D eigenvalue weighted by molar-refractivity contribution is -0.120. The maximum atomic E-state index is 13.6. The van der Waals surface area contributed by atoms with E-state index in [2.05, 4.69) is 56.2 Å². The summed E-state index contributed by atoms with van der Waals surface area (Å²) >= 11 is 1.83. The van der Waals surface area contributed by atoms with E-state index in [9.17, 15) is 4.79 Å². The molecule has 5 rings (SSSR count). The van der Waals surface area contributed by atoms with Crippen molar-refractivity contribution in [3.05, 3.63) is 78.8 Å². The highest BCUT2D eigenvalue weighted by Gasteiger charge is 2.33. The van der Waals surface area contributed by atoms with Crippen molar-refractivity contribution >= 4 is 29.2 Å². The quantitative estimate of drug-likeness (QED) is 0.631. The number of anilines is 2. The molecular weight excluding hydrogens is 406 g/mol. The molecule has 2 aliphatic heterocycles. The predicted molar refractivity (Wildman–Crippen MR) is 125 cm³/mol. The van der Waals surface area contributed by atoms with Crippen LogP contribution in [0, 0.1) is 0 Å². The van der Waals surface area contributed by atoms with Gasteiger partial charge in [-0.2, -0.15) is 0 Å². The van der Waals surface area contributed by atoms with Crippen molar-refractivity contribution in [2.45, 2.75) is 10.9 Å². The zero-order chi connectivity index (χ0) is 21.0. The van der Waals surface area contributed by atoms with E-state index in [4.69, 9.17) is 0 Å². The van der Waals surface area contributed by atoms with Gasteiger partial charge >= 0.3 is 0 Å². The summed E-state index contributed by atoms with van der Waals surface area (Å²) < 4.78 is 0. The van der Waals surface area contributed by atoms with Crippen LogP contribution < -0.4 is 9.80 Å². The molecule has 0 radical (unpaired) electrons. The number of fused-ring (bicyclic) bond motifs is 1. The fraction of sp³-hybridized carbons (Fsp3) is 0.292. The number of hydrogen-bond acceptors (Lipinski definition) is 6. The Bertz CT molecular complexity index is 1020. The third-order valence-corrected chi connectivity index (χ3v) is 7.03. The highest BCUT2D eigenvalue weighted by molar-refractivity contribution is 7.99. The fourth-order valence-corrected chi connectivity index (χ4v) is 5.44. The number of carbonyl (C=O) groups is 1. The Morgan fingerprint density at radius 2 is 1.74 bits per heavy atom. The van der Waals surface area contributed by atoms with E-state index in [0.29, 0.717) is 6.54 Å². The summed E-state index contributed by atoms with van der Waals surface area (Å²) in [7, 11) is 0. The first-order valence-electron chi connectivity index (χ1n) is 10.6. The number of piperazine rings is 1. The van der Waals surface area contributed by atoms with Crippen LogP contribution in [0.1, 0.15) is 11.6 Å². The van der Waals surface area contributed by atoms with E-state index in [-0.39, 0.29) is 11.9 Å². The number of hydrogen-bond donors (Lipinski definition) is 0. The number of nitrogens with zero attached hydrogens (tertiary/aromatic N) is 5. The van der Waals surface area contributed by atoms with E-state index in [1.165, 1.54) is 10.5 Å². The topological polar surface area (TPSA) is 52.6 Å². The average Bonchev–Trinajstić information content (AvgIpc) is 2.85. The van der Waals surface area contributed by atoms with Gasteiger partial charge in [0.25, 0.3) is 0 Å². The summed E-state index contributed by atoms with van der Waals surface area (Å²) in [5.41, 5.74) is 2.21. The van der Waals surface area contributed by atoms with Gasteiger partial charge in [-0.3, -0.25) is 14.7 Å². The molecule has 158 valence electrons. The Kier molecular flexibility index (Phi) is 5.86. The number of rotatable bonds is 4. The van der Waals surface area contributed by atoms with E-state index >= 15 is 0 Å². The largest absolute Gasteiger partial charge is 0.353 e. The highest BCUT2D eigenvalue weighted by atomic mass is 32.2. The predicted octanol–water partition coefficient (Wildman–Crippen LogP) is 3.48. The van der Waals surface area contributed by atoms with Gasteiger partial charge in [-0.15, -0.1) is 11.8 Å². The molecule has 1 atom stereocenters. The van der Waals surface area contributed by atoms with Crippen LogP contribution in [-0.2, 0) is 4.79 Å². The number of benzene rings is 2. The standard InChI is InChI=1S/C24H25N5OS/c30-24(17-27-12-14-28(15-13-27)23-16-25-10-11-26-23)29-20-8-4-5-9-22(20)31-18-21(29)19-6-2-1-3-7-19/h1-11,16,21H,12-15,17-18H2. The van der Waals surface area contributed by atoms with Crippen molar-refractivity contribution in [3.8, 4) is 0 Å². The number of aromatic nitrogens is 2. The van der Waals surface area contributed by atoms with Crippen molar-refractivity contribution in [2.75, 3.05) is 48.3 Å². The number of para-hydroxylation sites is 1. The Labute approximate surface area is 186 Å². The van der Waals surface area contributed by atoms with Gasteiger partial charge in [0.1, 0.15) is 5.82 Å². The summed E-state index contributed by atoms with van der Waals surface area (Å²) in [5, 5.41) is 0. The van der Waals surface area contributed by atoms with E-state index < -0.39 is 0 Å². The molecule has 0 aliphatic carbocycles. The summed E-state index contributed by atoms with van der Waals surface area (Å²) in [6.45, 7) is 3.79. The Hall–Kier alpha value is -2.90. The minimum Gasteiger partial charge on any atom is -0.353 e. The van der Waals surface area contributed by atoms with Gasteiger partial charge in [-0.05, 0) is 17.7 Å². The van der Waals surface area contributed by atoms with Crippen LogP contribution in [0.25, 0.3) is 0 Å². The molecule has 7 heteroatoms. The SMILES string of the molecule is O=C(CN1CCN(c2cnccn2)CC1)N1c2ccccc2SCC1c1ccccc1. The van der Waals surface area contributed by atoms with Crippen molar-refractivity contribution < 1.29 is 4.79 Å². The second-order valence-corrected chi connectivity index (χ2v) is 8.86. The molecular formula is C24H25N5OS. The highest BCUT2D eigenvalue weighted by Crippen LogP contribution is 2.43. The van der Waals surface area contributed by atoms with Crippen LogP contribution in [0.2, 0.25) is 0 Å². The summed E-state index contributed by atoms with van der Waals surface area (Å²) in [4.78, 5) is 29.8. The molecule has 2 aromatic carbocycles. The second kappa shape index (κ2) is 9.08. The summed E-state index contributed by atoms with van der Waals surface area (Å²) in [5.74, 6) is 1.93. The summed E-state index contributed by atoms with van der Waals surface area (Å²) in [6.07, 6.45) is 5.21. The monoisotopic (exact) mass is 431 g/mol. The molecule has 0 saturated carbocycles. The molecule has 1 saturated heterocycles. The Morgan fingerprint density at radius 3 is 2.52 bits per heavy atom. The lowest BCUT2D eigenvalue weighted by Gasteiger charge is -2.40. The Balaban J connectivity index is 1.32. The smallest absolute Gasteiger partial charge is 0.241 e. The van der Waals surface area contributed by atoms with E-state index in [1.54, 1.807) is 18.6 Å². The Morgan fingerprint density at radius 1 is 0.968 bits per heavy atom. The van der Waals surface area contributed by atoms with Gasteiger partial charge in [0, 0.05) is 49.2 Å². The maximum Gasteiger partial charge on any atom is 0.241 e. The van der Waals surface area contributed by atoms with Gasteiger partial charge in [0.05, 0.1) is 24.5 Å². The zero-order valence-electron chi connectivity index (χ0n) is 17.3. The molecule has 31 heavy (non-hydrogen) atoms. The minimum atomic E-state index is 0.0504. The van der Waals surface area contributed by atoms with E-state index in [0.717, 1.165) is 43.4 Å². The lowest BCUT2D eigenvalue weighted by atomic mass is 10.1. The number of thioether (sulfide) groups is 1. The van der Waals surface area contributed by atoms with Gasteiger partial charge < -0.3 is 9.80 Å². The maximum absolute atomic E-state index is 13.6. The number of carbonyl (C=O) groups excluding carboxylic acids is 1. The zero-order valence-corrected chi connectivity index (χ0v) is 18.1. The van der Waals surface area contributed by atoms with Crippen LogP contribution in [0.4, 0.5) is 11.5 Å². The third kappa shape index (κ3) is 4.29. The summed E-state index contributed by atoms with van der Waals surface area (Å²) in [6, 6.07) is 18.7. The van der Waals surface area contributed by atoms with Crippen molar-refractivity contribution in [2.24, 2.45) is 0 Å². The molecule has 6 nitrogen and oxygen atoms in total. The molecule has 0 spiro atoms. The van der Waals surface area contributed by atoms with Crippen LogP contribution in [0.3, 0.4) is 0 Å². The van der Waals surface area contributed by atoms with Crippen LogP contribution in [0.5, 0.6) is 0 Å². The van der Waals surface area contributed by atoms with Crippen molar-refractivity contribution in [1.82, 2.24) is 14.9 Å². The molecule has 0 N–H and O–H groups in total. The third-order valence-electron chi connectivity index (χ3n) is 5.89. The molecule has 0 bridgehead atoms. The molecule has 1 amide bonds. The average molecular weight is 432 g/mol. The molecule has 3 aromatic rings. The van der Waals surface area contributed by atoms with E-state index in [1.807, 2.05) is 34.9 Å². The first-order valence-corrected chi connectivity index (χ1v) is 11.6. The van der Waals surface area contributed by atoms with Gasteiger partial charge in [-0.1, -0.05) is 42.5 Å². The van der Waals surface area contributed by atoms with Crippen LogP contribution in [-0.4, -0.2) is 59.3 Å². The van der Waals surface area contributed by atoms with Crippen molar-refractivity contribution in [1.29, 1.82) is 0 Å². The normalized spacial score (nSPS) is 19.2. The molecule has 1 aromatic heterocycles. The van der Waals surface area contributed by atoms with Gasteiger partial charge in [0.15, 0.2) is 0 Å². The first-order chi connectivity index (χ1) is 15.3. The second-order valence-electron chi connectivity index (χ2n) is 7.80. The van der Waals surface area contributed by atoms with Crippen LogP contribution in [0.15, 0.2) is 78.1 Å². The first kappa shape index (κ1) is 20.0. The molecule has 3 heterocycles. The molecule has 1 unspecified atom stereocenters. The van der Waals surface area contributed by atoms with Gasteiger partial charge in [0.2, 0.25) is 5.91 Å². The lowest BCUT2D eigenvalue weighted by Crippen LogP contribution is -2.51. The van der Waals surface area contributed by atoms with Crippen LogP contribution >= 0.6 is 11.8 Å². The molecule has 2 aliphatic rings. The fourth-order valence-electron chi connectivity index (χ4n) is 4.28. The van der Waals surface area contributed by atoms with Crippen molar-refractivity contribution in [3.63, 3.8) is 0 Å². The molecule has 1 fully saturated rings. The number of amides is 1.